The largest absolute Gasteiger partial charge is 0.309 e. The number of nitrogens with one attached hydrogen (secondary N) is 1. The average Bonchev–Trinajstić information content (AvgIpc) is 2.99. The normalized spacial score (nSPS) is 12.8. The topological polar surface area (TPSA) is 12.0 Å². The quantitative estimate of drug-likeness (QED) is 0.822. The highest BCUT2D eigenvalue weighted by Crippen LogP contribution is 2.23. The Morgan fingerprint density at radius 2 is 2.18 bits per heavy atom. The summed E-state index contributed by atoms with van der Waals surface area (Å²) >= 11 is 3.70. The fourth-order valence-electron chi connectivity index (χ4n) is 1.79. The van der Waals surface area contributed by atoms with Crippen LogP contribution in [0.2, 0.25) is 0 Å². The Morgan fingerprint density at radius 3 is 2.82 bits per heavy atom. The Labute approximate surface area is 112 Å². The fraction of sp³-hybridized carbons (Fsp3) is 0.429. The maximum absolute atomic E-state index is 3.59. The lowest BCUT2D eigenvalue weighted by Crippen LogP contribution is -2.20. The predicted octanol–water partition coefficient (Wildman–Crippen LogP) is 4.27. The van der Waals surface area contributed by atoms with Gasteiger partial charge in [0, 0.05) is 15.8 Å². The summed E-state index contributed by atoms with van der Waals surface area (Å²) in [5, 5.41) is 7.96. The maximum Gasteiger partial charge on any atom is 0.0386 e. The van der Waals surface area contributed by atoms with Crippen molar-refractivity contribution < 1.29 is 0 Å². The summed E-state index contributed by atoms with van der Waals surface area (Å²) in [5.74, 6) is 0. The molecule has 0 aliphatic carbocycles. The molecule has 0 saturated carbocycles. The smallest absolute Gasteiger partial charge is 0.0386 e. The van der Waals surface area contributed by atoms with E-state index in [-0.39, 0.29) is 0 Å². The van der Waals surface area contributed by atoms with Gasteiger partial charge in [-0.3, -0.25) is 0 Å². The molecule has 1 atom stereocenters. The lowest BCUT2D eigenvalue weighted by molar-refractivity contribution is 0.585. The molecule has 2 heterocycles. The maximum atomic E-state index is 3.59. The number of hydrogen-bond acceptors (Lipinski definition) is 3. The monoisotopic (exact) mass is 265 g/mol. The molecule has 0 radical (unpaired) electrons. The summed E-state index contributed by atoms with van der Waals surface area (Å²) in [7, 11) is 0. The number of aryl methyl sites for hydroxylation is 1. The van der Waals surface area contributed by atoms with Crippen LogP contribution in [0.4, 0.5) is 0 Å². The number of rotatable bonds is 6. The Bertz CT molecular complexity index is 431. The van der Waals surface area contributed by atoms with Gasteiger partial charge < -0.3 is 5.32 Å². The molecule has 1 unspecified atom stereocenters. The second-order valence-corrected chi connectivity index (χ2v) is 6.19. The third-order valence-corrected chi connectivity index (χ3v) is 5.05. The molecule has 2 aromatic heterocycles. The molecule has 1 N–H and O–H groups in total. The van der Waals surface area contributed by atoms with E-state index < -0.39 is 0 Å². The predicted molar refractivity (Wildman–Crippen MR) is 78.1 cm³/mol. The van der Waals surface area contributed by atoms with E-state index in [4.69, 9.17) is 0 Å². The van der Waals surface area contributed by atoms with Gasteiger partial charge in [0.05, 0.1) is 0 Å². The van der Waals surface area contributed by atoms with E-state index in [1.165, 1.54) is 15.3 Å². The SMILES string of the molecule is CCc1ccc(C(C)NCCc2ccsc2)s1. The molecule has 2 aromatic rings. The van der Waals surface area contributed by atoms with Gasteiger partial charge >= 0.3 is 0 Å². The average molecular weight is 265 g/mol. The molecule has 2 rings (SSSR count). The summed E-state index contributed by atoms with van der Waals surface area (Å²) in [6.07, 6.45) is 2.27. The standard InChI is InChI=1S/C14H19NS2/c1-3-13-4-5-14(17-13)11(2)15-8-6-12-7-9-16-10-12/h4-5,7,9-11,15H,3,6,8H2,1-2H3. The molecule has 0 fully saturated rings. The Hall–Kier alpha value is -0.640. The van der Waals surface area contributed by atoms with E-state index >= 15 is 0 Å². The number of thiophene rings is 2. The van der Waals surface area contributed by atoms with Gasteiger partial charge in [-0.2, -0.15) is 11.3 Å². The highest BCUT2D eigenvalue weighted by Gasteiger charge is 2.07. The minimum absolute atomic E-state index is 0.471. The van der Waals surface area contributed by atoms with Crippen molar-refractivity contribution in [3.8, 4) is 0 Å². The Morgan fingerprint density at radius 1 is 1.29 bits per heavy atom. The third-order valence-electron chi connectivity index (χ3n) is 2.90. The molecular formula is C14H19NS2. The molecule has 3 heteroatoms. The van der Waals surface area contributed by atoms with Crippen LogP contribution in [0.15, 0.2) is 29.0 Å². The molecule has 0 spiro atoms. The molecular weight excluding hydrogens is 246 g/mol. The second kappa shape index (κ2) is 6.34. The summed E-state index contributed by atoms with van der Waals surface area (Å²) in [6, 6.07) is 7.18. The van der Waals surface area contributed by atoms with Gasteiger partial charge in [-0.15, -0.1) is 11.3 Å². The van der Waals surface area contributed by atoms with Crippen molar-refractivity contribution in [2.24, 2.45) is 0 Å². The van der Waals surface area contributed by atoms with Crippen LogP contribution < -0.4 is 5.32 Å². The van der Waals surface area contributed by atoms with Gasteiger partial charge in [0.1, 0.15) is 0 Å². The van der Waals surface area contributed by atoms with Gasteiger partial charge in [-0.25, -0.2) is 0 Å². The fourth-order valence-corrected chi connectivity index (χ4v) is 3.47. The zero-order valence-corrected chi connectivity index (χ0v) is 12.0. The van der Waals surface area contributed by atoms with Crippen LogP contribution in [0.25, 0.3) is 0 Å². The van der Waals surface area contributed by atoms with E-state index in [2.05, 4.69) is 48.1 Å². The van der Waals surface area contributed by atoms with E-state index in [9.17, 15) is 0 Å². The first-order valence-electron chi connectivity index (χ1n) is 6.12. The van der Waals surface area contributed by atoms with Crippen LogP contribution in [0, 0.1) is 0 Å². The summed E-state index contributed by atoms with van der Waals surface area (Å²) in [5.41, 5.74) is 1.44. The first kappa shape index (κ1) is 12.8. The second-order valence-electron chi connectivity index (χ2n) is 4.22. The lowest BCUT2D eigenvalue weighted by Gasteiger charge is -2.11. The van der Waals surface area contributed by atoms with Crippen LogP contribution in [-0.2, 0) is 12.8 Å². The van der Waals surface area contributed by atoms with Gasteiger partial charge in [0.2, 0.25) is 0 Å². The van der Waals surface area contributed by atoms with E-state index in [0.29, 0.717) is 6.04 Å². The highest BCUT2D eigenvalue weighted by atomic mass is 32.1. The minimum atomic E-state index is 0.471. The van der Waals surface area contributed by atoms with Gasteiger partial charge in [-0.1, -0.05) is 6.92 Å². The summed E-state index contributed by atoms with van der Waals surface area (Å²) in [4.78, 5) is 2.93. The van der Waals surface area contributed by atoms with Crippen molar-refractivity contribution in [3.63, 3.8) is 0 Å². The van der Waals surface area contributed by atoms with Crippen molar-refractivity contribution in [3.05, 3.63) is 44.3 Å². The molecule has 0 bridgehead atoms. The van der Waals surface area contributed by atoms with Crippen molar-refractivity contribution >= 4 is 22.7 Å². The molecule has 0 aliphatic heterocycles. The van der Waals surface area contributed by atoms with Gasteiger partial charge in [0.25, 0.3) is 0 Å². The molecule has 92 valence electrons. The van der Waals surface area contributed by atoms with Crippen molar-refractivity contribution in [2.75, 3.05) is 6.54 Å². The third kappa shape index (κ3) is 3.66. The van der Waals surface area contributed by atoms with Crippen LogP contribution in [0.3, 0.4) is 0 Å². The zero-order chi connectivity index (χ0) is 12.1. The summed E-state index contributed by atoms with van der Waals surface area (Å²) < 4.78 is 0. The molecule has 0 aliphatic rings. The van der Waals surface area contributed by atoms with Crippen molar-refractivity contribution in [2.45, 2.75) is 32.7 Å². The van der Waals surface area contributed by atoms with Gasteiger partial charge in [-0.05, 0) is 60.8 Å². The molecule has 0 aromatic carbocycles. The van der Waals surface area contributed by atoms with Crippen LogP contribution in [0.1, 0.15) is 35.2 Å². The Kier molecular flexibility index (Phi) is 4.77. The zero-order valence-electron chi connectivity index (χ0n) is 10.4. The van der Waals surface area contributed by atoms with Crippen molar-refractivity contribution in [1.29, 1.82) is 0 Å². The molecule has 0 saturated heterocycles. The molecule has 1 nitrogen and oxygen atoms in total. The van der Waals surface area contributed by atoms with Crippen LogP contribution in [0.5, 0.6) is 0 Å². The lowest BCUT2D eigenvalue weighted by atomic mass is 10.2. The first-order chi connectivity index (χ1) is 8.29. The van der Waals surface area contributed by atoms with E-state index in [1.54, 1.807) is 11.3 Å². The van der Waals surface area contributed by atoms with E-state index in [0.717, 1.165) is 19.4 Å². The van der Waals surface area contributed by atoms with Gasteiger partial charge in [0.15, 0.2) is 0 Å². The van der Waals surface area contributed by atoms with Crippen LogP contribution in [-0.4, -0.2) is 6.54 Å². The Balaban J connectivity index is 1.78. The summed E-state index contributed by atoms with van der Waals surface area (Å²) in [6.45, 7) is 5.51. The number of hydrogen-bond donors (Lipinski definition) is 1. The minimum Gasteiger partial charge on any atom is -0.309 e. The highest BCUT2D eigenvalue weighted by molar-refractivity contribution is 7.12. The first-order valence-corrected chi connectivity index (χ1v) is 7.88. The molecule has 17 heavy (non-hydrogen) atoms. The van der Waals surface area contributed by atoms with E-state index in [1.807, 2.05) is 11.3 Å². The molecule has 0 amide bonds. The van der Waals surface area contributed by atoms with Crippen LogP contribution >= 0.6 is 22.7 Å². The van der Waals surface area contributed by atoms with Crippen molar-refractivity contribution in [1.82, 2.24) is 5.32 Å².